The van der Waals surface area contributed by atoms with Gasteiger partial charge in [-0.3, -0.25) is 14.5 Å². The number of benzene rings is 1. The van der Waals surface area contributed by atoms with E-state index < -0.39 is 0 Å². The molecule has 1 aliphatic heterocycles. The maximum atomic E-state index is 12.1. The van der Waals surface area contributed by atoms with E-state index in [1.807, 2.05) is 12.1 Å². The highest BCUT2D eigenvalue weighted by Crippen LogP contribution is 2.15. The predicted octanol–water partition coefficient (Wildman–Crippen LogP) is 4.48. The van der Waals surface area contributed by atoms with E-state index >= 15 is 0 Å². The van der Waals surface area contributed by atoms with Crippen molar-refractivity contribution in [3.63, 3.8) is 0 Å². The van der Waals surface area contributed by atoms with Crippen LogP contribution >= 0.6 is 11.6 Å². The third-order valence-corrected chi connectivity index (χ3v) is 6.91. The molecule has 0 atom stereocenters. The van der Waals surface area contributed by atoms with Crippen LogP contribution in [0.25, 0.3) is 0 Å². The Labute approximate surface area is 254 Å². The van der Waals surface area contributed by atoms with Crippen LogP contribution in [0.15, 0.2) is 54.6 Å². The molecule has 1 fully saturated rings. The summed E-state index contributed by atoms with van der Waals surface area (Å²) >= 11 is 5.56. The van der Waals surface area contributed by atoms with E-state index in [0.29, 0.717) is 36.3 Å². The summed E-state index contributed by atoms with van der Waals surface area (Å²) in [6, 6.07) is 17.3. The lowest BCUT2D eigenvalue weighted by Crippen LogP contribution is -2.46. The van der Waals surface area contributed by atoms with Crippen molar-refractivity contribution in [3.8, 4) is 0 Å². The van der Waals surface area contributed by atoms with Crippen molar-refractivity contribution in [2.75, 3.05) is 44.2 Å². The van der Waals surface area contributed by atoms with Gasteiger partial charge in [0.2, 0.25) is 0 Å². The highest BCUT2D eigenvalue weighted by Gasteiger charge is 2.19. The van der Waals surface area contributed by atoms with E-state index in [9.17, 15) is 9.59 Å². The SMILES string of the molecule is CC(C)CCNC(=O)c1ccc(Cl)nn1.CC(C)CCNC(=O)c1ccc(N2CCN(Cc3ccccc3)CC2)nn1. The minimum Gasteiger partial charge on any atom is -0.353 e. The van der Waals surface area contributed by atoms with Gasteiger partial charge < -0.3 is 15.5 Å². The van der Waals surface area contributed by atoms with Gasteiger partial charge in [0.15, 0.2) is 22.4 Å². The number of amides is 2. The Hall–Kier alpha value is -3.63. The second kappa shape index (κ2) is 17.4. The number of hydrogen-bond donors (Lipinski definition) is 2. The number of rotatable bonds is 11. The smallest absolute Gasteiger partial charge is 0.271 e. The molecule has 0 saturated carbocycles. The zero-order valence-electron chi connectivity index (χ0n) is 25.1. The van der Waals surface area contributed by atoms with Gasteiger partial charge >= 0.3 is 0 Å². The molecule has 10 nitrogen and oxygen atoms in total. The predicted molar refractivity (Wildman–Crippen MR) is 167 cm³/mol. The minimum atomic E-state index is -0.209. The fraction of sp³-hybridized carbons (Fsp3) is 0.484. The van der Waals surface area contributed by atoms with Crippen LogP contribution in [0.4, 0.5) is 5.82 Å². The molecule has 2 N–H and O–H groups in total. The number of hydrogen-bond acceptors (Lipinski definition) is 8. The molecule has 0 bridgehead atoms. The quantitative estimate of drug-likeness (QED) is 0.334. The van der Waals surface area contributed by atoms with Gasteiger partial charge in [0.1, 0.15) is 0 Å². The lowest BCUT2D eigenvalue weighted by Gasteiger charge is -2.35. The summed E-state index contributed by atoms with van der Waals surface area (Å²) in [7, 11) is 0. The number of carbonyl (C=O) groups is 2. The van der Waals surface area contributed by atoms with Crippen molar-refractivity contribution in [1.82, 2.24) is 35.9 Å². The highest BCUT2D eigenvalue weighted by molar-refractivity contribution is 6.29. The van der Waals surface area contributed by atoms with Crippen LogP contribution in [0.2, 0.25) is 5.15 Å². The van der Waals surface area contributed by atoms with Crippen molar-refractivity contribution in [1.29, 1.82) is 0 Å². The summed E-state index contributed by atoms with van der Waals surface area (Å²) in [4.78, 5) is 28.3. The lowest BCUT2D eigenvalue weighted by atomic mass is 10.1. The van der Waals surface area contributed by atoms with Gasteiger partial charge in [-0.2, -0.15) is 0 Å². The highest BCUT2D eigenvalue weighted by atomic mass is 35.5. The second-order valence-electron chi connectivity index (χ2n) is 11.1. The van der Waals surface area contributed by atoms with Crippen molar-refractivity contribution in [2.24, 2.45) is 11.8 Å². The Morgan fingerprint density at radius 2 is 1.29 bits per heavy atom. The molecule has 11 heteroatoms. The van der Waals surface area contributed by atoms with Crippen LogP contribution in [0, 0.1) is 11.8 Å². The maximum absolute atomic E-state index is 12.1. The van der Waals surface area contributed by atoms with Gasteiger partial charge in [0.05, 0.1) is 0 Å². The Kier molecular flexibility index (Phi) is 13.6. The average Bonchev–Trinajstić information content (AvgIpc) is 2.98. The summed E-state index contributed by atoms with van der Waals surface area (Å²) < 4.78 is 0. The van der Waals surface area contributed by atoms with Gasteiger partial charge in [0.25, 0.3) is 11.8 Å². The van der Waals surface area contributed by atoms with Crippen LogP contribution in [0.1, 0.15) is 67.1 Å². The van der Waals surface area contributed by atoms with Crippen LogP contribution in [-0.2, 0) is 6.54 Å². The molecule has 2 amide bonds. The van der Waals surface area contributed by atoms with Crippen LogP contribution in [0.5, 0.6) is 0 Å². The fourth-order valence-corrected chi connectivity index (χ4v) is 4.26. The molecule has 4 rings (SSSR count). The minimum absolute atomic E-state index is 0.151. The number of aromatic nitrogens is 4. The molecule has 0 radical (unpaired) electrons. The first-order valence-electron chi connectivity index (χ1n) is 14.6. The monoisotopic (exact) mass is 594 g/mol. The summed E-state index contributed by atoms with van der Waals surface area (Å²) in [5, 5.41) is 21.6. The first-order chi connectivity index (χ1) is 20.2. The molecule has 0 spiro atoms. The van der Waals surface area contributed by atoms with Crippen molar-refractivity contribution in [2.45, 2.75) is 47.1 Å². The normalized spacial score (nSPS) is 13.5. The lowest BCUT2D eigenvalue weighted by molar-refractivity contribution is 0.0937. The zero-order valence-corrected chi connectivity index (χ0v) is 25.8. The molecule has 3 heterocycles. The molecule has 42 heavy (non-hydrogen) atoms. The van der Waals surface area contributed by atoms with E-state index in [-0.39, 0.29) is 17.0 Å². The number of halogens is 1. The largest absolute Gasteiger partial charge is 0.353 e. The van der Waals surface area contributed by atoms with Gasteiger partial charge in [-0.1, -0.05) is 69.6 Å². The molecular weight excluding hydrogens is 552 g/mol. The van der Waals surface area contributed by atoms with E-state index in [2.05, 4.69) is 92.8 Å². The molecule has 1 saturated heterocycles. The number of anilines is 1. The van der Waals surface area contributed by atoms with Crippen LogP contribution in [-0.4, -0.2) is 76.4 Å². The summed E-state index contributed by atoms with van der Waals surface area (Å²) in [6.07, 6.45) is 1.91. The number of nitrogens with one attached hydrogen (secondary N) is 2. The second-order valence-corrected chi connectivity index (χ2v) is 11.5. The standard InChI is InChI=1S/C21H29N5O.C10H14ClN3O/c1-17(2)10-11-22-21(27)19-8-9-20(24-23-19)26-14-12-25(13-15-26)16-18-6-4-3-5-7-18;1-7(2)5-6-12-10(15)8-3-4-9(11)14-13-8/h3-9,17H,10-16H2,1-2H3,(H,22,27);3-4,7H,5-6H2,1-2H3,(H,12,15). The maximum Gasteiger partial charge on any atom is 0.271 e. The third kappa shape index (κ3) is 11.7. The Bertz CT molecular complexity index is 1220. The van der Waals surface area contributed by atoms with Gasteiger partial charge in [-0.25, -0.2) is 0 Å². The third-order valence-electron chi connectivity index (χ3n) is 6.71. The van der Waals surface area contributed by atoms with Gasteiger partial charge in [0, 0.05) is 45.8 Å². The molecule has 0 unspecified atom stereocenters. The molecular formula is C31H43ClN8O2. The van der Waals surface area contributed by atoms with Crippen LogP contribution in [0.3, 0.4) is 0 Å². The Morgan fingerprint density at radius 3 is 1.76 bits per heavy atom. The zero-order chi connectivity index (χ0) is 30.3. The molecule has 1 aliphatic rings. The average molecular weight is 595 g/mol. The van der Waals surface area contributed by atoms with Gasteiger partial charge in [-0.15, -0.1) is 20.4 Å². The van der Waals surface area contributed by atoms with E-state index in [0.717, 1.165) is 51.4 Å². The topological polar surface area (TPSA) is 116 Å². The summed E-state index contributed by atoms with van der Waals surface area (Å²) in [5.74, 6) is 1.62. The Morgan fingerprint density at radius 1 is 0.738 bits per heavy atom. The first kappa shape index (κ1) is 32.9. The molecule has 1 aromatic carbocycles. The van der Waals surface area contributed by atoms with Crippen molar-refractivity contribution >= 4 is 29.2 Å². The Balaban J connectivity index is 0.000000274. The summed E-state index contributed by atoms with van der Waals surface area (Å²) in [6.45, 7) is 14.6. The van der Waals surface area contributed by atoms with E-state index in [1.165, 1.54) is 5.56 Å². The molecule has 3 aromatic rings. The molecule has 0 aliphatic carbocycles. The molecule has 226 valence electrons. The first-order valence-corrected chi connectivity index (χ1v) is 15.0. The number of piperazine rings is 1. The van der Waals surface area contributed by atoms with Crippen LogP contribution < -0.4 is 15.5 Å². The number of nitrogens with zero attached hydrogens (tertiary/aromatic N) is 6. The van der Waals surface area contributed by atoms with E-state index in [1.54, 1.807) is 18.2 Å². The van der Waals surface area contributed by atoms with Gasteiger partial charge in [-0.05, 0) is 54.5 Å². The van der Waals surface area contributed by atoms with E-state index in [4.69, 9.17) is 11.6 Å². The van der Waals surface area contributed by atoms with Crippen molar-refractivity contribution in [3.05, 3.63) is 76.7 Å². The summed E-state index contributed by atoms with van der Waals surface area (Å²) in [5.41, 5.74) is 2.02. The molecule has 2 aromatic heterocycles. The van der Waals surface area contributed by atoms with Crippen molar-refractivity contribution < 1.29 is 9.59 Å². The number of carbonyl (C=O) groups excluding carboxylic acids is 2. The fourth-order valence-electron chi connectivity index (χ4n) is 4.16.